The maximum Gasteiger partial charge on any atom is 0.0376 e. The third-order valence-corrected chi connectivity index (χ3v) is 1.38. The average molecular weight is 153 g/mol. The van der Waals surface area contributed by atoms with Crippen LogP contribution < -0.4 is 0 Å². The SMILES string of the molecule is [CH-]C(=O)c1ccc(Cl)cc1. The number of benzene rings is 1. The van der Waals surface area contributed by atoms with E-state index < -0.39 is 5.78 Å². The van der Waals surface area contributed by atoms with Gasteiger partial charge in [-0.05, 0) is 0 Å². The van der Waals surface area contributed by atoms with E-state index in [2.05, 4.69) is 0 Å². The molecule has 51 valence electrons. The van der Waals surface area contributed by atoms with Gasteiger partial charge in [-0.1, -0.05) is 23.7 Å². The fourth-order valence-corrected chi connectivity index (χ4v) is 0.740. The summed E-state index contributed by atoms with van der Waals surface area (Å²) in [7, 11) is 0. The van der Waals surface area contributed by atoms with Crippen molar-refractivity contribution in [3.8, 4) is 0 Å². The minimum atomic E-state index is -0.434. The topological polar surface area (TPSA) is 17.1 Å². The maximum absolute atomic E-state index is 10.5. The number of rotatable bonds is 1. The van der Waals surface area contributed by atoms with Crippen LogP contribution in [0.4, 0.5) is 0 Å². The van der Waals surface area contributed by atoms with Crippen LogP contribution in [0, 0.1) is 6.92 Å². The number of hydrogen-bond donors (Lipinski definition) is 0. The van der Waals surface area contributed by atoms with Crippen LogP contribution in [0.2, 0.25) is 5.02 Å². The lowest BCUT2D eigenvalue weighted by atomic mass is 10.2. The van der Waals surface area contributed by atoms with E-state index in [0.29, 0.717) is 10.6 Å². The number of Topliss-reactive ketones (excluding diaryl/α,β-unsaturated/α-hetero) is 1. The van der Waals surface area contributed by atoms with E-state index in [9.17, 15) is 4.79 Å². The van der Waals surface area contributed by atoms with E-state index in [4.69, 9.17) is 18.5 Å². The average Bonchev–Trinajstić information content (AvgIpc) is 1.88. The van der Waals surface area contributed by atoms with Gasteiger partial charge in [-0.15, -0.1) is 17.7 Å². The monoisotopic (exact) mass is 152 g/mol. The van der Waals surface area contributed by atoms with Crippen LogP contribution in [0.1, 0.15) is 10.4 Å². The predicted octanol–water partition coefficient (Wildman–Crippen LogP) is 2.23. The lowest BCUT2D eigenvalue weighted by molar-refractivity contribution is 0.104. The van der Waals surface area contributed by atoms with Gasteiger partial charge in [0.1, 0.15) is 0 Å². The van der Waals surface area contributed by atoms with Crippen molar-refractivity contribution < 1.29 is 4.79 Å². The Bertz CT molecular complexity index is 238. The Morgan fingerprint density at radius 2 is 1.80 bits per heavy atom. The minimum absolute atomic E-state index is 0.434. The molecular weight excluding hydrogens is 148 g/mol. The van der Waals surface area contributed by atoms with E-state index >= 15 is 0 Å². The molecule has 1 aromatic rings. The van der Waals surface area contributed by atoms with Crippen molar-refractivity contribution in [2.24, 2.45) is 0 Å². The number of carbonyl (C=O) groups excluding carboxylic acids is 1. The summed E-state index contributed by atoms with van der Waals surface area (Å²) in [5.74, 6) is -0.434. The molecule has 0 atom stereocenters. The number of ketones is 1. The highest BCUT2D eigenvalue weighted by Crippen LogP contribution is 2.09. The van der Waals surface area contributed by atoms with Crippen molar-refractivity contribution >= 4 is 17.4 Å². The van der Waals surface area contributed by atoms with Crippen LogP contribution in [-0.4, -0.2) is 5.78 Å². The molecule has 1 nitrogen and oxygen atoms in total. The Morgan fingerprint density at radius 1 is 1.30 bits per heavy atom. The molecule has 0 heterocycles. The summed E-state index contributed by atoms with van der Waals surface area (Å²) < 4.78 is 0. The first-order valence-corrected chi connectivity index (χ1v) is 3.13. The summed E-state index contributed by atoms with van der Waals surface area (Å²) in [5, 5.41) is 0.602. The second kappa shape index (κ2) is 2.76. The molecule has 0 aliphatic rings. The molecule has 0 unspecified atom stereocenters. The van der Waals surface area contributed by atoms with Gasteiger partial charge in [0, 0.05) is 10.8 Å². The van der Waals surface area contributed by atoms with E-state index in [1.807, 2.05) is 0 Å². The molecule has 1 radical (unpaired) electrons. The van der Waals surface area contributed by atoms with Crippen molar-refractivity contribution in [2.75, 3.05) is 0 Å². The molecule has 10 heavy (non-hydrogen) atoms. The standard InChI is InChI=1S/C8H5ClO/c1-6(10)7-2-4-8(9)5-3-7/h1-5H/q-1. The molecule has 0 saturated heterocycles. The minimum Gasteiger partial charge on any atom is -0.333 e. The molecule has 1 rings (SSSR count). The summed E-state index contributed by atoms with van der Waals surface area (Å²) in [6.45, 7) is 4.98. The molecule has 0 saturated carbocycles. The van der Waals surface area contributed by atoms with Crippen LogP contribution >= 0.6 is 11.6 Å². The second-order valence-corrected chi connectivity index (χ2v) is 2.31. The Labute approximate surface area is 64.6 Å². The fourth-order valence-electron chi connectivity index (χ4n) is 0.614. The third kappa shape index (κ3) is 1.52. The van der Waals surface area contributed by atoms with Crippen LogP contribution in [-0.2, 0) is 0 Å². The van der Waals surface area contributed by atoms with Gasteiger partial charge in [-0.25, -0.2) is 6.92 Å². The van der Waals surface area contributed by atoms with Gasteiger partial charge < -0.3 is 4.79 Å². The normalized spacial score (nSPS) is 9.30. The Kier molecular flexibility index (Phi) is 1.97. The second-order valence-electron chi connectivity index (χ2n) is 1.87. The smallest absolute Gasteiger partial charge is 0.0376 e. The largest absolute Gasteiger partial charge is 0.333 e. The quantitative estimate of drug-likeness (QED) is 0.446. The zero-order valence-corrected chi connectivity index (χ0v) is 5.93. The third-order valence-electron chi connectivity index (χ3n) is 1.13. The van der Waals surface area contributed by atoms with Crippen molar-refractivity contribution in [1.29, 1.82) is 0 Å². The van der Waals surface area contributed by atoms with Gasteiger partial charge in [-0.2, -0.15) is 0 Å². The molecule has 1 aromatic carbocycles. The summed E-state index contributed by atoms with van der Waals surface area (Å²) in [4.78, 5) is 10.5. The molecule has 0 aromatic heterocycles. The highest BCUT2D eigenvalue weighted by atomic mass is 35.5. The first kappa shape index (κ1) is 7.16. The van der Waals surface area contributed by atoms with Crippen molar-refractivity contribution in [3.63, 3.8) is 0 Å². The molecule has 2 heteroatoms. The van der Waals surface area contributed by atoms with E-state index in [0.717, 1.165) is 0 Å². The molecule has 0 spiro atoms. The first-order valence-electron chi connectivity index (χ1n) is 2.75. The first-order chi connectivity index (χ1) is 4.70. The van der Waals surface area contributed by atoms with Gasteiger partial charge in [0.15, 0.2) is 0 Å². The van der Waals surface area contributed by atoms with E-state index in [-0.39, 0.29) is 0 Å². The Hall–Kier alpha value is -0.950. The zero-order valence-electron chi connectivity index (χ0n) is 5.17. The van der Waals surface area contributed by atoms with Gasteiger partial charge >= 0.3 is 0 Å². The number of halogens is 1. The fraction of sp³-hybridized carbons (Fsp3) is 0. The molecule has 0 fully saturated rings. The lowest BCUT2D eigenvalue weighted by Crippen LogP contribution is -1.89. The maximum atomic E-state index is 10.5. The van der Waals surface area contributed by atoms with Crippen molar-refractivity contribution in [2.45, 2.75) is 0 Å². The van der Waals surface area contributed by atoms with Crippen LogP contribution in [0.5, 0.6) is 0 Å². The molecule has 0 aliphatic carbocycles. The van der Waals surface area contributed by atoms with Crippen LogP contribution in [0.3, 0.4) is 0 Å². The summed E-state index contributed by atoms with van der Waals surface area (Å²) in [6.07, 6.45) is 0. The van der Waals surface area contributed by atoms with Crippen LogP contribution in [0.15, 0.2) is 24.3 Å². The molecule has 0 aliphatic heterocycles. The Morgan fingerprint density at radius 3 is 2.20 bits per heavy atom. The molecule has 0 N–H and O–H groups in total. The van der Waals surface area contributed by atoms with Crippen molar-refractivity contribution in [1.82, 2.24) is 0 Å². The van der Waals surface area contributed by atoms with E-state index in [1.54, 1.807) is 24.3 Å². The van der Waals surface area contributed by atoms with Crippen molar-refractivity contribution in [3.05, 3.63) is 41.8 Å². The molecular formula is C8H5ClO-. The van der Waals surface area contributed by atoms with Gasteiger partial charge in [0.25, 0.3) is 0 Å². The summed E-state index contributed by atoms with van der Waals surface area (Å²) in [6, 6.07) is 6.43. The lowest BCUT2D eigenvalue weighted by Gasteiger charge is -2.02. The van der Waals surface area contributed by atoms with Gasteiger partial charge in [0.05, 0.1) is 0 Å². The summed E-state index contributed by atoms with van der Waals surface area (Å²) >= 11 is 5.56. The zero-order chi connectivity index (χ0) is 7.56. The predicted molar refractivity (Wildman–Crippen MR) is 40.1 cm³/mol. The number of carbonyl (C=O) groups is 1. The Balaban J connectivity index is 3.00. The summed E-state index contributed by atoms with van der Waals surface area (Å²) in [5.41, 5.74) is 0.476. The number of hydrogen-bond acceptors (Lipinski definition) is 1. The van der Waals surface area contributed by atoms with Gasteiger partial charge in [0.2, 0.25) is 0 Å². The van der Waals surface area contributed by atoms with E-state index in [1.165, 1.54) is 0 Å². The van der Waals surface area contributed by atoms with Gasteiger partial charge in [-0.3, -0.25) is 0 Å². The highest BCUT2D eigenvalue weighted by Gasteiger charge is 1.85. The molecule has 0 bridgehead atoms. The highest BCUT2D eigenvalue weighted by molar-refractivity contribution is 6.30. The molecule has 0 amide bonds. The van der Waals surface area contributed by atoms with Crippen LogP contribution in [0.25, 0.3) is 0 Å².